The maximum absolute atomic E-state index is 13.1. The number of esters is 1. The summed E-state index contributed by atoms with van der Waals surface area (Å²) in [6.45, 7) is 6.70. The third-order valence-corrected chi connectivity index (χ3v) is 7.47. The number of thioether (sulfide) groups is 1. The van der Waals surface area contributed by atoms with Gasteiger partial charge in [0.1, 0.15) is 18.4 Å². The number of carbonyl (C=O) groups is 1. The molecular formula is C27H30Cl2N4O3S. The van der Waals surface area contributed by atoms with Crippen molar-refractivity contribution in [1.82, 2.24) is 14.8 Å². The normalized spacial score (nSPS) is 14.8. The molecule has 7 nitrogen and oxygen atoms in total. The molecule has 0 amide bonds. The monoisotopic (exact) mass is 560 g/mol. The molecule has 3 aromatic rings. The van der Waals surface area contributed by atoms with Crippen LogP contribution in [0.5, 0.6) is 5.75 Å². The van der Waals surface area contributed by atoms with Gasteiger partial charge in [-0.2, -0.15) is 4.98 Å². The number of unbranched alkanes of at least 4 members (excludes halogenated alkanes) is 1. The zero-order valence-corrected chi connectivity index (χ0v) is 23.4. The number of carbonyl (C=O) groups excluding carboxylic acids is 1. The van der Waals surface area contributed by atoms with Crippen molar-refractivity contribution >= 4 is 46.9 Å². The van der Waals surface area contributed by atoms with Gasteiger partial charge in [-0.25, -0.2) is 9.48 Å². The van der Waals surface area contributed by atoms with E-state index >= 15 is 0 Å². The molecule has 1 unspecified atom stereocenters. The van der Waals surface area contributed by atoms with Gasteiger partial charge in [-0.3, -0.25) is 0 Å². The number of ether oxygens (including phenoxy) is 2. The first-order valence-corrected chi connectivity index (χ1v) is 14.1. The van der Waals surface area contributed by atoms with Gasteiger partial charge < -0.3 is 14.8 Å². The van der Waals surface area contributed by atoms with Crippen molar-refractivity contribution in [1.29, 1.82) is 0 Å². The van der Waals surface area contributed by atoms with Crippen molar-refractivity contribution in [2.24, 2.45) is 0 Å². The highest BCUT2D eigenvalue weighted by atomic mass is 35.5. The van der Waals surface area contributed by atoms with E-state index in [4.69, 9.17) is 37.8 Å². The Morgan fingerprint density at radius 1 is 1.11 bits per heavy atom. The van der Waals surface area contributed by atoms with Crippen molar-refractivity contribution in [2.45, 2.75) is 57.8 Å². The van der Waals surface area contributed by atoms with Gasteiger partial charge in [-0.15, -0.1) is 5.10 Å². The number of nitrogens with zero attached hydrogens (tertiary/aromatic N) is 3. The lowest BCUT2D eigenvalue weighted by Gasteiger charge is -2.28. The second-order valence-corrected chi connectivity index (χ2v) is 10.5. The Labute approximate surface area is 231 Å². The first-order valence-electron chi connectivity index (χ1n) is 12.3. The standard InChI is InChI=1S/C27H30Cl2N4O3S/c1-4-6-14-37-27-31-26-30-17(3)23(25(34)35-13-5-2)24(33(26)32-27)19-8-10-20(11-9-19)36-16-18-7-12-21(28)22(29)15-18/h7-12,15,24H,4-6,13-14,16H2,1-3H3,(H,30,31,32). The molecule has 0 fully saturated rings. The zero-order chi connectivity index (χ0) is 26.4. The Hall–Kier alpha value is -2.68. The molecule has 0 bridgehead atoms. The van der Waals surface area contributed by atoms with Crippen LogP contribution in [0.3, 0.4) is 0 Å². The maximum Gasteiger partial charge on any atom is 0.338 e. The van der Waals surface area contributed by atoms with Gasteiger partial charge >= 0.3 is 5.97 Å². The van der Waals surface area contributed by atoms with E-state index in [1.165, 1.54) is 0 Å². The van der Waals surface area contributed by atoms with E-state index in [9.17, 15) is 4.79 Å². The number of benzene rings is 2. The number of fused-ring (bicyclic) bond motifs is 1. The highest BCUT2D eigenvalue weighted by Crippen LogP contribution is 2.37. The Kier molecular flexibility index (Phi) is 9.40. The minimum absolute atomic E-state index is 0.350. The van der Waals surface area contributed by atoms with E-state index in [1.54, 1.807) is 28.6 Å². The second kappa shape index (κ2) is 12.7. The van der Waals surface area contributed by atoms with Crippen LogP contribution in [0.4, 0.5) is 5.95 Å². The summed E-state index contributed by atoms with van der Waals surface area (Å²) in [5.41, 5.74) is 3.01. The quantitative estimate of drug-likeness (QED) is 0.150. The molecule has 1 atom stereocenters. The number of allylic oxidation sites excluding steroid dienone is 1. The summed E-state index contributed by atoms with van der Waals surface area (Å²) >= 11 is 13.7. The predicted molar refractivity (Wildman–Crippen MR) is 149 cm³/mol. The molecule has 1 aliphatic heterocycles. The molecule has 2 aromatic carbocycles. The molecule has 0 spiro atoms. The van der Waals surface area contributed by atoms with E-state index in [0.29, 0.717) is 51.4 Å². The van der Waals surface area contributed by atoms with Crippen LogP contribution >= 0.6 is 35.0 Å². The fourth-order valence-corrected chi connectivity index (χ4v) is 5.12. The lowest BCUT2D eigenvalue weighted by Crippen LogP contribution is -2.29. The highest BCUT2D eigenvalue weighted by molar-refractivity contribution is 7.99. The van der Waals surface area contributed by atoms with E-state index in [0.717, 1.165) is 36.1 Å². The van der Waals surface area contributed by atoms with E-state index < -0.39 is 6.04 Å². The van der Waals surface area contributed by atoms with Gasteiger partial charge in [0.15, 0.2) is 0 Å². The van der Waals surface area contributed by atoms with Gasteiger partial charge in [0.05, 0.1) is 22.2 Å². The molecule has 1 N–H and O–H groups in total. The number of aromatic nitrogens is 3. The summed E-state index contributed by atoms with van der Waals surface area (Å²) in [5, 5.41) is 9.67. The van der Waals surface area contributed by atoms with Crippen molar-refractivity contribution < 1.29 is 14.3 Å². The second-order valence-electron chi connectivity index (χ2n) is 8.67. The van der Waals surface area contributed by atoms with Crippen LogP contribution in [0, 0.1) is 0 Å². The van der Waals surface area contributed by atoms with Crippen molar-refractivity contribution in [3.05, 3.63) is 74.9 Å². The SMILES string of the molecule is CCCCSc1nc2n(n1)C(c1ccc(OCc3ccc(Cl)c(Cl)c3)cc1)C(C(=O)OCCC)=C(C)N2. The number of rotatable bonds is 11. The van der Waals surface area contributed by atoms with Crippen molar-refractivity contribution in [3.63, 3.8) is 0 Å². The fraction of sp³-hybridized carbons (Fsp3) is 0.370. The van der Waals surface area contributed by atoms with Crippen molar-refractivity contribution in [3.8, 4) is 5.75 Å². The smallest absolute Gasteiger partial charge is 0.338 e. The third-order valence-electron chi connectivity index (χ3n) is 5.80. The summed E-state index contributed by atoms with van der Waals surface area (Å²) in [7, 11) is 0. The molecule has 0 aliphatic carbocycles. The zero-order valence-electron chi connectivity index (χ0n) is 21.1. The highest BCUT2D eigenvalue weighted by Gasteiger charge is 2.35. The number of hydrogen-bond donors (Lipinski definition) is 1. The van der Waals surface area contributed by atoms with Crippen LogP contribution in [0.25, 0.3) is 0 Å². The Morgan fingerprint density at radius 3 is 2.59 bits per heavy atom. The van der Waals surface area contributed by atoms with Gasteiger partial charge in [-0.1, -0.05) is 73.4 Å². The molecule has 4 rings (SSSR count). The molecule has 196 valence electrons. The molecule has 2 heterocycles. The molecule has 0 saturated heterocycles. The lowest BCUT2D eigenvalue weighted by molar-refractivity contribution is -0.139. The Morgan fingerprint density at radius 2 is 1.89 bits per heavy atom. The maximum atomic E-state index is 13.1. The summed E-state index contributed by atoms with van der Waals surface area (Å²) in [6.07, 6.45) is 2.93. The van der Waals surface area contributed by atoms with Crippen LogP contribution in [0.15, 0.2) is 58.9 Å². The number of anilines is 1. The molecule has 0 saturated carbocycles. The number of hydrogen-bond acceptors (Lipinski definition) is 7. The van der Waals surface area contributed by atoms with Gasteiger partial charge in [0.25, 0.3) is 0 Å². The topological polar surface area (TPSA) is 78.3 Å². The molecule has 1 aliphatic rings. The van der Waals surface area contributed by atoms with Crippen molar-refractivity contribution in [2.75, 3.05) is 17.7 Å². The predicted octanol–water partition coefficient (Wildman–Crippen LogP) is 7.30. The summed E-state index contributed by atoms with van der Waals surface area (Å²) in [6, 6.07) is 12.6. The van der Waals surface area contributed by atoms with Crippen LogP contribution < -0.4 is 10.1 Å². The molecular weight excluding hydrogens is 531 g/mol. The first kappa shape index (κ1) is 27.4. The van der Waals surface area contributed by atoms with Gasteiger partial charge in [0.2, 0.25) is 11.1 Å². The minimum atomic E-state index is -0.474. The Balaban J connectivity index is 1.60. The van der Waals surface area contributed by atoms with Gasteiger partial charge in [0, 0.05) is 11.4 Å². The van der Waals surface area contributed by atoms with Crippen LogP contribution in [0.2, 0.25) is 10.0 Å². The Bertz CT molecular complexity index is 1280. The average Bonchev–Trinajstić information content (AvgIpc) is 3.29. The molecule has 1 aromatic heterocycles. The first-order chi connectivity index (χ1) is 17.9. The average molecular weight is 562 g/mol. The summed E-state index contributed by atoms with van der Waals surface area (Å²) < 4.78 is 13.3. The number of halogens is 2. The van der Waals surface area contributed by atoms with E-state index in [1.807, 2.05) is 44.2 Å². The van der Waals surface area contributed by atoms with E-state index in [2.05, 4.69) is 17.2 Å². The summed E-state index contributed by atoms with van der Waals surface area (Å²) in [5.74, 6) is 1.87. The minimum Gasteiger partial charge on any atom is -0.489 e. The van der Waals surface area contributed by atoms with Crippen LogP contribution in [0.1, 0.15) is 57.2 Å². The lowest BCUT2D eigenvalue weighted by atomic mass is 9.96. The molecule has 37 heavy (non-hydrogen) atoms. The van der Waals surface area contributed by atoms with E-state index in [-0.39, 0.29) is 5.97 Å². The largest absolute Gasteiger partial charge is 0.489 e. The van der Waals surface area contributed by atoms with Crippen LogP contribution in [-0.2, 0) is 16.1 Å². The van der Waals surface area contributed by atoms with Gasteiger partial charge in [-0.05, 0) is 55.2 Å². The molecule has 10 heteroatoms. The molecule has 0 radical (unpaired) electrons. The number of nitrogens with one attached hydrogen (secondary N) is 1. The third kappa shape index (κ3) is 6.61. The summed E-state index contributed by atoms with van der Waals surface area (Å²) in [4.78, 5) is 17.8. The van der Waals surface area contributed by atoms with Crippen LogP contribution in [-0.4, -0.2) is 33.1 Å². The fourth-order valence-electron chi connectivity index (χ4n) is 3.89.